The molecule has 1 aliphatic rings. The molecule has 1 N–H and O–H groups in total. The summed E-state index contributed by atoms with van der Waals surface area (Å²) in [6.45, 7) is -0.653. The summed E-state index contributed by atoms with van der Waals surface area (Å²) in [5, 5.41) is 10.1. The SMILES string of the molecule is O=C1CN(C(=O)c2c(F)cccc2F)C(c2cccc(Br)c2F)N1O. The van der Waals surface area contributed by atoms with Crippen molar-refractivity contribution >= 4 is 27.7 Å². The maximum atomic E-state index is 14.4. The molecule has 3 rings (SSSR count). The lowest BCUT2D eigenvalue weighted by Gasteiger charge is -2.27. The number of hydrogen-bond donors (Lipinski definition) is 1. The maximum absolute atomic E-state index is 14.4. The van der Waals surface area contributed by atoms with Crippen molar-refractivity contribution in [1.82, 2.24) is 9.96 Å². The fourth-order valence-corrected chi connectivity index (χ4v) is 3.00. The van der Waals surface area contributed by atoms with E-state index in [1.165, 1.54) is 18.2 Å². The van der Waals surface area contributed by atoms with Crippen LogP contribution in [-0.4, -0.2) is 33.5 Å². The molecule has 25 heavy (non-hydrogen) atoms. The van der Waals surface area contributed by atoms with Crippen molar-refractivity contribution in [3.8, 4) is 0 Å². The molecule has 2 aromatic carbocycles. The average molecular weight is 415 g/mol. The summed E-state index contributed by atoms with van der Waals surface area (Å²) in [4.78, 5) is 25.1. The van der Waals surface area contributed by atoms with Crippen LogP contribution in [0, 0.1) is 17.5 Å². The first-order chi connectivity index (χ1) is 11.8. The highest BCUT2D eigenvalue weighted by molar-refractivity contribution is 9.10. The molecule has 0 aliphatic carbocycles. The number of amides is 2. The molecule has 5 nitrogen and oxygen atoms in total. The van der Waals surface area contributed by atoms with E-state index >= 15 is 0 Å². The molecule has 1 unspecified atom stereocenters. The first-order valence-electron chi connectivity index (χ1n) is 7.02. The third kappa shape index (κ3) is 2.89. The average Bonchev–Trinajstić information content (AvgIpc) is 2.85. The fourth-order valence-electron chi connectivity index (χ4n) is 2.62. The molecule has 1 aliphatic heterocycles. The lowest BCUT2D eigenvalue weighted by molar-refractivity contribution is -0.169. The molecule has 1 saturated heterocycles. The zero-order valence-corrected chi connectivity index (χ0v) is 14.0. The predicted octanol–water partition coefficient (Wildman–Crippen LogP) is 3.24. The quantitative estimate of drug-likeness (QED) is 0.767. The van der Waals surface area contributed by atoms with Crippen LogP contribution in [0.1, 0.15) is 22.1 Å². The van der Waals surface area contributed by atoms with Gasteiger partial charge in [0.15, 0.2) is 6.17 Å². The summed E-state index contributed by atoms with van der Waals surface area (Å²) in [5.41, 5.74) is -1.08. The van der Waals surface area contributed by atoms with Gasteiger partial charge in [-0.2, -0.15) is 5.06 Å². The van der Waals surface area contributed by atoms with Gasteiger partial charge in [0, 0.05) is 5.56 Å². The van der Waals surface area contributed by atoms with Crippen LogP contribution >= 0.6 is 15.9 Å². The minimum Gasteiger partial charge on any atom is -0.302 e. The Balaban J connectivity index is 2.09. The Bertz CT molecular complexity index is 857. The van der Waals surface area contributed by atoms with Crippen LogP contribution in [0.4, 0.5) is 13.2 Å². The molecular formula is C16H10BrF3N2O3. The molecule has 0 spiro atoms. The molecular weight excluding hydrogens is 405 g/mol. The molecule has 0 saturated carbocycles. The fraction of sp³-hybridized carbons (Fsp3) is 0.125. The lowest BCUT2D eigenvalue weighted by atomic mass is 10.1. The van der Waals surface area contributed by atoms with Crippen molar-refractivity contribution in [2.45, 2.75) is 6.17 Å². The van der Waals surface area contributed by atoms with Gasteiger partial charge in [-0.25, -0.2) is 13.2 Å². The molecule has 130 valence electrons. The van der Waals surface area contributed by atoms with Crippen molar-refractivity contribution in [3.63, 3.8) is 0 Å². The molecule has 0 bridgehead atoms. The summed E-state index contributed by atoms with van der Waals surface area (Å²) >= 11 is 2.97. The van der Waals surface area contributed by atoms with Gasteiger partial charge in [-0.1, -0.05) is 18.2 Å². The van der Waals surface area contributed by atoms with Gasteiger partial charge < -0.3 is 4.90 Å². The monoisotopic (exact) mass is 414 g/mol. The van der Waals surface area contributed by atoms with Gasteiger partial charge >= 0.3 is 0 Å². The molecule has 9 heteroatoms. The van der Waals surface area contributed by atoms with Crippen molar-refractivity contribution in [3.05, 3.63) is 69.4 Å². The van der Waals surface area contributed by atoms with Gasteiger partial charge in [0.2, 0.25) is 0 Å². The van der Waals surface area contributed by atoms with Crippen LogP contribution in [0.25, 0.3) is 0 Å². The summed E-state index contributed by atoms with van der Waals surface area (Å²) < 4.78 is 42.2. The topological polar surface area (TPSA) is 60.9 Å². The first kappa shape index (κ1) is 17.4. The highest BCUT2D eigenvalue weighted by Crippen LogP contribution is 2.34. The first-order valence-corrected chi connectivity index (χ1v) is 7.82. The van der Waals surface area contributed by atoms with E-state index in [0.29, 0.717) is 4.90 Å². The van der Waals surface area contributed by atoms with Gasteiger partial charge in [0.25, 0.3) is 11.8 Å². The molecule has 1 atom stereocenters. The van der Waals surface area contributed by atoms with Crippen molar-refractivity contribution < 1.29 is 28.0 Å². The van der Waals surface area contributed by atoms with Gasteiger partial charge in [-0.05, 0) is 34.1 Å². The van der Waals surface area contributed by atoms with Gasteiger partial charge in [0.1, 0.15) is 29.6 Å². The molecule has 0 radical (unpaired) electrons. The van der Waals surface area contributed by atoms with E-state index in [0.717, 1.165) is 18.2 Å². The largest absolute Gasteiger partial charge is 0.302 e. The normalized spacial score (nSPS) is 17.3. The van der Waals surface area contributed by atoms with Crippen LogP contribution in [0.3, 0.4) is 0 Å². The smallest absolute Gasteiger partial charge is 0.267 e. The van der Waals surface area contributed by atoms with Crippen molar-refractivity contribution in [2.24, 2.45) is 0 Å². The van der Waals surface area contributed by atoms with E-state index < -0.39 is 47.5 Å². The molecule has 0 aromatic heterocycles. The third-order valence-corrected chi connectivity index (χ3v) is 4.40. The number of rotatable bonds is 2. The molecule has 2 aromatic rings. The minimum atomic E-state index is -1.54. The van der Waals surface area contributed by atoms with E-state index in [4.69, 9.17) is 0 Å². The van der Waals surface area contributed by atoms with Crippen LogP contribution < -0.4 is 0 Å². The van der Waals surface area contributed by atoms with Gasteiger partial charge in [-0.15, -0.1) is 0 Å². The van der Waals surface area contributed by atoms with Crippen LogP contribution in [0.2, 0.25) is 0 Å². The second-order valence-electron chi connectivity index (χ2n) is 5.28. The Hall–Kier alpha value is -2.39. The van der Waals surface area contributed by atoms with Gasteiger partial charge in [-0.3, -0.25) is 14.8 Å². The number of carbonyl (C=O) groups is 2. The summed E-state index contributed by atoms with van der Waals surface area (Å²) in [6.07, 6.45) is -1.54. The van der Waals surface area contributed by atoms with Crippen LogP contribution in [-0.2, 0) is 4.79 Å². The second kappa shape index (κ2) is 6.49. The standard InChI is InChI=1S/C16H10BrF3N2O3/c17-9-4-1-3-8(14(9)20)15-21(7-12(23)22(15)25)16(24)13-10(18)5-2-6-11(13)19/h1-6,15,25H,7H2. The van der Waals surface area contributed by atoms with E-state index in [9.17, 15) is 28.0 Å². The number of hydrogen-bond acceptors (Lipinski definition) is 3. The Morgan fingerprint density at radius 2 is 1.72 bits per heavy atom. The van der Waals surface area contributed by atoms with Crippen LogP contribution in [0.15, 0.2) is 40.9 Å². The van der Waals surface area contributed by atoms with Crippen molar-refractivity contribution in [2.75, 3.05) is 6.54 Å². The maximum Gasteiger partial charge on any atom is 0.267 e. The Kier molecular flexibility index (Phi) is 4.53. The predicted molar refractivity (Wildman–Crippen MR) is 82.9 cm³/mol. The summed E-state index contributed by atoms with van der Waals surface area (Å²) in [6, 6.07) is 6.94. The molecule has 1 heterocycles. The second-order valence-corrected chi connectivity index (χ2v) is 6.14. The van der Waals surface area contributed by atoms with E-state index in [2.05, 4.69) is 15.9 Å². The number of carbonyl (C=O) groups excluding carboxylic acids is 2. The Morgan fingerprint density at radius 1 is 1.12 bits per heavy atom. The van der Waals surface area contributed by atoms with E-state index in [1.807, 2.05) is 0 Å². The third-order valence-electron chi connectivity index (χ3n) is 3.79. The van der Waals surface area contributed by atoms with E-state index in [-0.39, 0.29) is 15.1 Å². The van der Waals surface area contributed by atoms with Crippen LogP contribution in [0.5, 0.6) is 0 Å². The van der Waals surface area contributed by atoms with Crippen molar-refractivity contribution in [1.29, 1.82) is 0 Å². The van der Waals surface area contributed by atoms with Gasteiger partial charge in [0.05, 0.1) is 4.47 Å². The summed E-state index contributed by atoms with van der Waals surface area (Å²) in [5.74, 6) is -5.14. The molecule has 1 fully saturated rings. The molecule has 2 amide bonds. The highest BCUT2D eigenvalue weighted by Gasteiger charge is 2.44. The van der Waals surface area contributed by atoms with E-state index in [1.54, 1.807) is 0 Å². The highest BCUT2D eigenvalue weighted by atomic mass is 79.9. The Morgan fingerprint density at radius 3 is 2.36 bits per heavy atom. The zero-order valence-electron chi connectivity index (χ0n) is 12.4. The summed E-state index contributed by atoms with van der Waals surface area (Å²) in [7, 11) is 0. The zero-order chi connectivity index (χ0) is 18.3. The number of halogens is 4. The number of nitrogens with zero attached hydrogens (tertiary/aromatic N) is 2. The number of hydroxylamine groups is 2. The number of benzene rings is 2. The Labute approximate surface area is 148 Å². The minimum absolute atomic E-state index is 0.0437. The lowest BCUT2D eigenvalue weighted by Crippen LogP contribution is -2.35.